The number of nitrogens with zero attached hydrogens (tertiary/aromatic N) is 2. The van der Waals surface area contributed by atoms with Crippen molar-refractivity contribution in [1.29, 1.82) is 0 Å². The van der Waals surface area contributed by atoms with E-state index in [4.69, 9.17) is 11.6 Å². The fourth-order valence-corrected chi connectivity index (χ4v) is 0.724. The predicted octanol–water partition coefficient (Wildman–Crippen LogP) is 0.545. The van der Waals surface area contributed by atoms with Crippen molar-refractivity contribution in [3.63, 3.8) is 0 Å². The molecule has 0 bridgehead atoms. The van der Waals surface area contributed by atoms with Crippen LogP contribution in [0, 0.1) is 0 Å². The normalized spacial score (nSPS) is 15.9. The topological polar surface area (TPSA) is 27.6 Å². The molecule has 0 atom stereocenters. The molecule has 1 rings (SSSR count). The van der Waals surface area contributed by atoms with Crippen molar-refractivity contribution in [3.05, 3.63) is 12.3 Å². The van der Waals surface area contributed by atoms with Gasteiger partial charge >= 0.3 is 0 Å². The maximum atomic E-state index is 5.47. The second-order valence-electron chi connectivity index (χ2n) is 1.60. The molecule has 0 aliphatic carbocycles. The van der Waals surface area contributed by atoms with E-state index in [0.29, 0.717) is 5.88 Å². The van der Waals surface area contributed by atoms with E-state index in [2.05, 4.69) is 10.6 Å². The van der Waals surface area contributed by atoms with Crippen LogP contribution >= 0.6 is 11.6 Å². The summed E-state index contributed by atoms with van der Waals surface area (Å²) in [6.07, 6.45) is 5.42. The van der Waals surface area contributed by atoms with Crippen molar-refractivity contribution in [1.82, 2.24) is 10.5 Å². The van der Waals surface area contributed by atoms with Crippen molar-refractivity contribution in [2.75, 3.05) is 12.4 Å². The van der Waals surface area contributed by atoms with Crippen molar-refractivity contribution in [2.24, 2.45) is 5.10 Å². The van der Waals surface area contributed by atoms with Crippen LogP contribution in [0.1, 0.15) is 0 Å². The van der Waals surface area contributed by atoms with Gasteiger partial charge in [0.05, 0.1) is 12.8 Å². The summed E-state index contributed by atoms with van der Waals surface area (Å²) in [6, 6.07) is 0. The third-order valence-electron chi connectivity index (χ3n) is 0.938. The molecule has 1 aliphatic heterocycles. The molecule has 0 saturated carbocycles. The first-order valence-electron chi connectivity index (χ1n) is 2.71. The first-order chi connectivity index (χ1) is 4.43. The van der Waals surface area contributed by atoms with Gasteiger partial charge in [-0.1, -0.05) is 0 Å². The van der Waals surface area contributed by atoms with E-state index in [-0.39, 0.29) is 0 Å². The van der Waals surface area contributed by atoms with Gasteiger partial charge in [0.25, 0.3) is 0 Å². The molecule has 1 heterocycles. The van der Waals surface area contributed by atoms with Crippen LogP contribution in [0.25, 0.3) is 0 Å². The van der Waals surface area contributed by atoms with Gasteiger partial charge in [-0.3, -0.25) is 5.01 Å². The minimum Gasteiger partial charge on any atom is -0.278 e. The van der Waals surface area contributed by atoms with Crippen LogP contribution in [0.5, 0.6) is 0 Å². The summed E-state index contributed by atoms with van der Waals surface area (Å²) in [5.41, 5.74) is 2.75. The Morgan fingerprint density at radius 3 is 3.11 bits per heavy atom. The number of hydrazine groups is 1. The summed E-state index contributed by atoms with van der Waals surface area (Å²) < 4.78 is 0. The minimum absolute atomic E-state index is 0.604. The number of hydrogen-bond acceptors (Lipinski definition) is 3. The molecule has 1 N–H and O–H groups in total. The smallest absolute Gasteiger partial charge is 0.0538 e. The second-order valence-corrected chi connectivity index (χ2v) is 1.98. The van der Waals surface area contributed by atoms with Crippen LogP contribution in [0.4, 0.5) is 0 Å². The van der Waals surface area contributed by atoms with Crippen LogP contribution in [0.3, 0.4) is 0 Å². The van der Waals surface area contributed by atoms with Crippen molar-refractivity contribution < 1.29 is 0 Å². The van der Waals surface area contributed by atoms with E-state index < -0.39 is 0 Å². The van der Waals surface area contributed by atoms with Crippen LogP contribution in [-0.2, 0) is 0 Å². The SMILES string of the molecule is ClCCN1C=CC=NN1. The zero-order chi connectivity index (χ0) is 6.53. The Balaban J connectivity index is 2.28. The molecule has 0 radical (unpaired) electrons. The summed E-state index contributed by atoms with van der Waals surface area (Å²) in [5, 5.41) is 5.60. The number of rotatable bonds is 2. The van der Waals surface area contributed by atoms with Crippen LogP contribution in [-0.4, -0.2) is 23.6 Å². The molecule has 0 aromatic heterocycles. The number of hydrazone groups is 1. The quantitative estimate of drug-likeness (QED) is 0.575. The fourth-order valence-electron chi connectivity index (χ4n) is 0.542. The van der Waals surface area contributed by atoms with E-state index >= 15 is 0 Å². The van der Waals surface area contributed by atoms with Gasteiger partial charge in [-0.2, -0.15) is 5.10 Å². The highest BCUT2D eigenvalue weighted by atomic mass is 35.5. The number of nitrogens with one attached hydrogen (secondary N) is 1. The lowest BCUT2D eigenvalue weighted by Gasteiger charge is -2.18. The molecular formula is C5H8ClN3. The molecule has 0 unspecified atom stereocenters. The van der Waals surface area contributed by atoms with Gasteiger partial charge in [0.1, 0.15) is 0 Å². The lowest BCUT2D eigenvalue weighted by molar-refractivity contribution is 0.291. The van der Waals surface area contributed by atoms with E-state index in [1.165, 1.54) is 0 Å². The van der Waals surface area contributed by atoms with Crippen molar-refractivity contribution in [2.45, 2.75) is 0 Å². The Labute approximate surface area is 59.0 Å². The lowest BCUT2D eigenvalue weighted by atomic mass is 10.6. The molecule has 1 aliphatic rings. The first kappa shape index (κ1) is 6.42. The third kappa shape index (κ3) is 1.93. The van der Waals surface area contributed by atoms with Gasteiger partial charge in [0.2, 0.25) is 0 Å². The first-order valence-corrected chi connectivity index (χ1v) is 3.25. The Kier molecular flexibility index (Phi) is 2.39. The maximum Gasteiger partial charge on any atom is 0.0538 e. The number of alkyl halides is 1. The van der Waals surface area contributed by atoms with E-state index in [0.717, 1.165) is 6.54 Å². The molecule has 4 heteroatoms. The zero-order valence-corrected chi connectivity index (χ0v) is 5.67. The molecule has 0 fully saturated rings. The molecule has 50 valence electrons. The van der Waals surface area contributed by atoms with Crippen LogP contribution in [0.15, 0.2) is 17.4 Å². The average molecular weight is 146 g/mol. The second kappa shape index (κ2) is 3.35. The van der Waals surface area contributed by atoms with Gasteiger partial charge in [-0.05, 0) is 6.08 Å². The molecule has 0 saturated heterocycles. The van der Waals surface area contributed by atoms with Crippen LogP contribution < -0.4 is 5.53 Å². The van der Waals surface area contributed by atoms with Gasteiger partial charge < -0.3 is 0 Å². The number of halogens is 1. The third-order valence-corrected chi connectivity index (χ3v) is 1.11. The fraction of sp³-hybridized carbons (Fsp3) is 0.400. The zero-order valence-electron chi connectivity index (χ0n) is 4.92. The Morgan fingerprint density at radius 2 is 2.56 bits per heavy atom. The predicted molar refractivity (Wildman–Crippen MR) is 38.2 cm³/mol. The highest BCUT2D eigenvalue weighted by molar-refractivity contribution is 6.18. The lowest BCUT2D eigenvalue weighted by Crippen LogP contribution is -2.32. The summed E-state index contributed by atoms with van der Waals surface area (Å²) >= 11 is 5.47. The molecule has 9 heavy (non-hydrogen) atoms. The standard InChI is InChI=1S/C5H8ClN3/c6-2-5-9-4-1-3-7-8-9/h1,3-4,8H,2,5H2. The van der Waals surface area contributed by atoms with E-state index in [1.807, 2.05) is 17.3 Å². The Bertz CT molecular complexity index is 132. The molecular weight excluding hydrogens is 138 g/mol. The largest absolute Gasteiger partial charge is 0.278 e. The number of allylic oxidation sites excluding steroid dienone is 1. The summed E-state index contributed by atoms with van der Waals surface area (Å²) in [7, 11) is 0. The van der Waals surface area contributed by atoms with Gasteiger partial charge in [0, 0.05) is 12.1 Å². The molecule has 0 amide bonds. The average Bonchev–Trinajstić information content (AvgIpc) is 1.91. The van der Waals surface area contributed by atoms with E-state index in [1.54, 1.807) is 6.21 Å². The van der Waals surface area contributed by atoms with Gasteiger partial charge in [0.15, 0.2) is 0 Å². The highest BCUT2D eigenvalue weighted by Gasteiger charge is 1.94. The maximum absolute atomic E-state index is 5.47. The van der Waals surface area contributed by atoms with Crippen molar-refractivity contribution in [3.8, 4) is 0 Å². The summed E-state index contributed by atoms with van der Waals surface area (Å²) in [5.74, 6) is 0.604. The van der Waals surface area contributed by atoms with Gasteiger partial charge in [-0.15, -0.1) is 11.6 Å². The van der Waals surface area contributed by atoms with Crippen molar-refractivity contribution >= 4 is 17.8 Å². The van der Waals surface area contributed by atoms with E-state index in [9.17, 15) is 0 Å². The molecule has 0 aromatic carbocycles. The van der Waals surface area contributed by atoms with Crippen LogP contribution in [0.2, 0.25) is 0 Å². The number of hydrogen-bond donors (Lipinski definition) is 1. The molecule has 0 spiro atoms. The minimum atomic E-state index is 0.604. The summed E-state index contributed by atoms with van der Waals surface area (Å²) in [4.78, 5) is 0. The Morgan fingerprint density at radius 1 is 1.67 bits per heavy atom. The molecule has 3 nitrogen and oxygen atoms in total. The Hall–Kier alpha value is -0.700. The monoisotopic (exact) mass is 145 g/mol. The summed E-state index contributed by atoms with van der Waals surface area (Å²) in [6.45, 7) is 0.773. The highest BCUT2D eigenvalue weighted by Crippen LogP contribution is 1.89. The van der Waals surface area contributed by atoms with Gasteiger partial charge in [-0.25, -0.2) is 5.53 Å². The molecule has 0 aromatic rings.